The molecule has 2 heterocycles. The van der Waals surface area contributed by atoms with Crippen LogP contribution in [0.2, 0.25) is 0 Å². The molecule has 5 nitrogen and oxygen atoms in total. The van der Waals surface area contributed by atoms with E-state index >= 15 is 0 Å². The van der Waals surface area contributed by atoms with E-state index < -0.39 is 6.10 Å². The molecule has 0 radical (unpaired) electrons. The molecule has 1 aliphatic rings. The van der Waals surface area contributed by atoms with Crippen LogP contribution in [-0.2, 0) is 16.1 Å². The van der Waals surface area contributed by atoms with Crippen molar-refractivity contribution in [3.63, 3.8) is 0 Å². The second-order valence-corrected chi connectivity index (χ2v) is 5.25. The maximum absolute atomic E-state index is 11.8. The van der Waals surface area contributed by atoms with Gasteiger partial charge in [-0.2, -0.15) is 0 Å². The molecular weight excluding hydrogens is 256 g/mol. The highest BCUT2D eigenvalue weighted by Gasteiger charge is 2.16. The molecule has 0 aromatic carbocycles. The molecule has 112 valence electrons. The van der Waals surface area contributed by atoms with Crippen LogP contribution in [0, 0.1) is 0 Å². The summed E-state index contributed by atoms with van der Waals surface area (Å²) in [6.45, 7) is 3.91. The van der Waals surface area contributed by atoms with Crippen LogP contribution in [0.3, 0.4) is 0 Å². The van der Waals surface area contributed by atoms with Gasteiger partial charge in [-0.25, -0.2) is 0 Å². The zero-order chi connectivity index (χ0) is 14.2. The first-order valence-corrected chi connectivity index (χ1v) is 7.41. The number of amides is 1. The lowest BCUT2D eigenvalue weighted by molar-refractivity contribution is -0.132. The van der Waals surface area contributed by atoms with Crippen LogP contribution in [0.15, 0.2) is 22.8 Å². The Kier molecular flexibility index (Phi) is 6.08. The lowest BCUT2D eigenvalue weighted by atomic mass is 10.0. The summed E-state index contributed by atoms with van der Waals surface area (Å²) in [5.74, 6) is 0.648. The average molecular weight is 280 g/mol. The molecular formula is C15H24N2O3. The molecule has 2 rings (SSSR count). The van der Waals surface area contributed by atoms with Gasteiger partial charge in [-0.15, -0.1) is 0 Å². The molecule has 1 aromatic rings. The summed E-state index contributed by atoms with van der Waals surface area (Å²) in [5.41, 5.74) is 0. The van der Waals surface area contributed by atoms with Gasteiger partial charge in [0, 0.05) is 12.6 Å². The van der Waals surface area contributed by atoms with Gasteiger partial charge in [-0.05, 0) is 44.9 Å². The Morgan fingerprint density at radius 3 is 3.20 bits per heavy atom. The van der Waals surface area contributed by atoms with Crippen LogP contribution >= 0.6 is 0 Å². The van der Waals surface area contributed by atoms with Gasteiger partial charge < -0.3 is 19.8 Å². The van der Waals surface area contributed by atoms with Crippen molar-refractivity contribution in [1.82, 2.24) is 10.6 Å². The summed E-state index contributed by atoms with van der Waals surface area (Å²) < 4.78 is 10.8. The van der Waals surface area contributed by atoms with Crippen LogP contribution in [0.4, 0.5) is 0 Å². The zero-order valence-corrected chi connectivity index (χ0v) is 12.1. The van der Waals surface area contributed by atoms with Crippen molar-refractivity contribution >= 4 is 5.91 Å². The maximum atomic E-state index is 11.8. The summed E-state index contributed by atoms with van der Waals surface area (Å²) in [6.07, 6.45) is 5.91. The molecule has 2 unspecified atom stereocenters. The molecule has 0 bridgehead atoms. The third-order valence-electron chi connectivity index (χ3n) is 3.63. The number of piperidine rings is 1. The van der Waals surface area contributed by atoms with Crippen molar-refractivity contribution in [2.75, 3.05) is 13.2 Å². The summed E-state index contributed by atoms with van der Waals surface area (Å²) in [4.78, 5) is 11.8. The van der Waals surface area contributed by atoms with Crippen LogP contribution in [0.1, 0.15) is 38.4 Å². The van der Waals surface area contributed by atoms with Crippen molar-refractivity contribution in [3.8, 4) is 0 Å². The Morgan fingerprint density at radius 1 is 1.60 bits per heavy atom. The average Bonchev–Trinajstić information content (AvgIpc) is 2.99. The Bertz CT molecular complexity index is 386. The first-order valence-electron chi connectivity index (χ1n) is 7.41. The number of hydrogen-bond acceptors (Lipinski definition) is 4. The van der Waals surface area contributed by atoms with Gasteiger partial charge >= 0.3 is 0 Å². The third-order valence-corrected chi connectivity index (χ3v) is 3.63. The first-order chi connectivity index (χ1) is 9.75. The predicted octanol–water partition coefficient (Wildman–Crippen LogP) is 1.83. The van der Waals surface area contributed by atoms with Crippen LogP contribution in [0.25, 0.3) is 0 Å². The molecule has 1 saturated heterocycles. The second-order valence-electron chi connectivity index (χ2n) is 5.25. The van der Waals surface area contributed by atoms with Crippen molar-refractivity contribution in [3.05, 3.63) is 24.2 Å². The molecule has 0 aliphatic carbocycles. The molecule has 20 heavy (non-hydrogen) atoms. The standard InChI is InChI=1S/C15H24N2O3/c1-12(15(18)17-11-14-6-4-9-20-14)19-10-7-13-5-2-3-8-16-13/h4,6,9,12-13,16H,2-3,5,7-8,10-11H2,1H3,(H,17,18). The Balaban J connectivity index is 1.58. The Labute approximate surface area is 120 Å². The van der Waals surface area contributed by atoms with Gasteiger partial charge in [-0.1, -0.05) is 6.42 Å². The normalized spacial score (nSPS) is 20.6. The van der Waals surface area contributed by atoms with Crippen molar-refractivity contribution in [2.24, 2.45) is 0 Å². The number of carbonyl (C=O) groups is 1. The minimum atomic E-state index is -0.423. The largest absolute Gasteiger partial charge is 0.467 e. The summed E-state index contributed by atoms with van der Waals surface area (Å²) >= 11 is 0. The lowest BCUT2D eigenvalue weighted by Gasteiger charge is -2.23. The first kappa shape index (κ1) is 15.1. The lowest BCUT2D eigenvalue weighted by Crippen LogP contribution is -2.37. The fourth-order valence-corrected chi connectivity index (χ4v) is 2.36. The third kappa shape index (κ3) is 4.98. The smallest absolute Gasteiger partial charge is 0.249 e. The van der Waals surface area contributed by atoms with E-state index in [1.165, 1.54) is 19.3 Å². The van der Waals surface area contributed by atoms with Gasteiger partial charge in [0.1, 0.15) is 11.9 Å². The molecule has 1 amide bonds. The molecule has 2 atom stereocenters. The number of furan rings is 1. The zero-order valence-electron chi connectivity index (χ0n) is 12.1. The number of nitrogens with one attached hydrogen (secondary N) is 2. The minimum Gasteiger partial charge on any atom is -0.467 e. The van der Waals surface area contributed by atoms with Gasteiger partial charge in [0.15, 0.2) is 0 Å². The molecule has 1 aliphatic heterocycles. The Hall–Kier alpha value is -1.33. The minimum absolute atomic E-state index is 0.0991. The van der Waals surface area contributed by atoms with E-state index in [1.807, 2.05) is 6.07 Å². The number of ether oxygens (including phenoxy) is 1. The highest BCUT2D eigenvalue weighted by atomic mass is 16.5. The number of rotatable bonds is 7. The van der Waals surface area contributed by atoms with Crippen molar-refractivity contribution < 1.29 is 13.9 Å². The van der Waals surface area contributed by atoms with Gasteiger partial charge in [-0.3, -0.25) is 4.79 Å². The van der Waals surface area contributed by atoms with E-state index in [9.17, 15) is 4.79 Å². The van der Waals surface area contributed by atoms with Crippen molar-refractivity contribution in [2.45, 2.75) is 51.3 Å². The van der Waals surface area contributed by atoms with Crippen molar-refractivity contribution in [1.29, 1.82) is 0 Å². The van der Waals surface area contributed by atoms with Crippen LogP contribution in [0.5, 0.6) is 0 Å². The summed E-state index contributed by atoms with van der Waals surface area (Å²) in [6, 6.07) is 4.18. The SMILES string of the molecule is CC(OCCC1CCCCN1)C(=O)NCc1ccco1. The number of carbonyl (C=O) groups excluding carboxylic acids is 1. The highest BCUT2D eigenvalue weighted by molar-refractivity contribution is 5.80. The fourth-order valence-electron chi connectivity index (χ4n) is 2.36. The van der Waals surface area contributed by atoms with E-state index in [0.717, 1.165) is 18.7 Å². The van der Waals surface area contributed by atoms with E-state index in [4.69, 9.17) is 9.15 Å². The quantitative estimate of drug-likeness (QED) is 0.800. The topological polar surface area (TPSA) is 63.5 Å². The molecule has 0 saturated carbocycles. The van der Waals surface area contributed by atoms with E-state index in [-0.39, 0.29) is 5.91 Å². The summed E-state index contributed by atoms with van der Waals surface area (Å²) in [7, 11) is 0. The highest BCUT2D eigenvalue weighted by Crippen LogP contribution is 2.10. The molecule has 2 N–H and O–H groups in total. The van der Waals surface area contributed by atoms with E-state index in [1.54, 1.807) is 19.3 Å². The summed E-state index contributed by atoms with van der Waals surface area (Å²) in [5, 5.41) is 6.27. The fraction of sp³-hybridized carbons (Fsp3) is 0.667. The van der Waals surface area contributed by atoms with Crippen LogP contribution < -0.4 is 10.6 Å². The van der Waals surface area contributed by atoms with E-state index in [2.05, 4.69) is 10.6 Å². The molecule has 1 fully saturated rings. The van der Waals surface area contributed by atoms with Gasteiger partial charge in [0.05, 0.1) is 12.8 Å². The van der Waals surface area contributed by atoms with Crippen LogP contribution in [-0.4, -0.2) is 31.2 Å². The molecule has 0 spiro atoms. The van der Waals surface area contributed by atoms with Gasteiger partial charge in [0.2, 0.25) is 5.91 Å². The maximum Gasteiger partial charge on any atom is 0.249 e. The number of hydrogen-bond donors (Lipinski definition) is 2. The van der Waals surface area contributed by atoms with E-state index in [0.29, 0.717) is 19.2 Å². The molecule has 1 aromatic heterocycles. The monoisotopic (exact) mass is 280 g/mol. The Morgan fingerprint density at radius 2 is 2.50 bits per heavy atom. The predicted molar refractivity (Wildman–Crippen MR) is 76.2 cm³/mol. The second kappa shape index (κ2) is 8.07. The van der Waals surface area contributed by atoms with Gasteiger partial charge in [0.25, 0.3) is 0 Å². The molecule has 5 heteroatoms.